The highest BCUT2D eigenvalue weighted by Crippen LogP contribution is 2.65. The second kappa shape index (κ2) is 10.3. The number of hydrogen-bond donors (Lipinski definition) is 2. The SMILES string of the molecule is C[C@]12CC[C@H]3[C@@H](CCC4=CC(=O)CC[C@@]43C)[C@@H]1CC[C@H]2OC(=O)CCC(=O)NCCc1c[nH]c2ccccc12. The number of rotatable bonds is 7. The van der Waals surface area contributed by atoms with Crippen molar-refractivity contribution >= 4 is 28.6 Å². The molecule has 1 amide bonds. The van der Waals surface area contributed by atoms with Crippen LogP contribution in [0.15, 0.2) is 42.1 Å². The molecule has 0 unspecified atom stereocenters. The van der Waals surface area contributed by atoms with E-state index in [0.29, 0.717) is 36.5 Å². The Bertz CT molecular complexity index is 1310. The van der Waals surface area contributed by atoms with Crippen molar-refractivity contribution < 1.29 is 19.1 Å². The smallest absolute Gasteiger partial charge is 0.306 e. The van der Waals surface area contributed by atoms with E-state index in [9.17, 15) is 14.4 Å². The monoisotopic (exact) mass is 530 g/mol. The number of nitrogens with one attached hydrogen (secondary N) is 2. The van der Waals surface area contributed by atoms with Gasteiger partial charge in [-0.05, 0) is 92.2 Å². The lowest BCUT2D eigenvalue weighted by Gasteiger charge is -2.57. The molecule has 6 atom stereocenters. The topological polar surface area (TPSA) is 88.3 Å². The molecule has 1 aromatic heterocycles. The average molecular weight is 531 g/mol. The summed E-state index contributed by atoms with van der Waals surface area (Å²) in [5, 5.41) is 4.14. The number of allylic oxidation sites excluding steroid dienone is 1. The van der Waals surface area contributed by atoms with Gasteiger partial charge in [0.2, 0.25) is 5.91 Å². The maximum atomic E-state index is 12.8. The quantitative estimate of drug-likeness (QED) is 0.427. The first-order valence-corrected chi connectivity index (χ1v) is 15.0. The van der Waals surface area contributed by atoms with E-state index < -0.39 is 0 Å². The number of H-pyrrole nitrogens is 1. The van der Waals surface area contributed by atoms with Gasteiger partial charge in [0, 0.05) is 41.9 Å². The van der Waals surface area contributed by atoms with E-state index in [2.05, 4.69) is 30.2 Å². The summed E-state index contributed by atoms with van der Waals surface area (Å²) in [6, 6.07) is 8.15. The Labute approximate surface area is 231 Å². The van der Waals surface area contributed by atoms with Gasteiger partial charge in [-0.15, -0.1) is 0 Å². The molecule has 6 heteroatoms. The fraction of sp³-hybridized carbons (Fsp3) is 0.606. The second-order valence-corrected chi connectivity index (χ2v) is 13.0. The standard InChI is InChI=1S/C33H42N2O4/c1-32-16-13-23(36)19-22(32)7-8-25-26-9-10-29(33(26,2)17-14-27(25)32)39-31(38)12-11-30(37)34-18-15-21-20-35-28-6-4-3-5-24(21)28/h3-6,19-20,25-27,29,35H,7-18H2,1-2H3,(H,34,37)/t25-,26-,27-,29+,32-,33-/m0/s1. The first-order chi connectivity index (χ1) is 18.8. The minimum atomic E-state index is -0.248. The van der Waals surface area contributed by atoms with Crippen LogP contribution in [0, 0.1) is 28.6 Å². The number of ether oxygens (including phenoxy) is 1. The van der Waals surface area contributed by atoms with Crippen LogP contribution in [0.25, 0.3) is 10.9 Å². The Morgan fingerprint density at radius 2 is 1.87 bits per heavy atom. The zero-order chi connectivity index (χ0) is 27.2. The minimum absolute atomic E-state index is 0.0144. The molecule has 39 heavy (non-hydrogen) atoms. The summed E-state index contributed by atoms with van der Waals surface area (Å²) in [6.07, 6.45) is 13.1. The zero-order valence-electron chi connectivity index (χ0n) is 23.4. The lowest BCUT2D eigenvalue weighted by molar-refractivity contribution is -0.160. The number of amides is 1. The molecule has 0 spiro atoms. The fourth-order valence-corrected chi connectivity index (χ4v) is 8.90. The first-order valence-electron chi connectivity index (χ1n) is 15.0. The Balaban J connectivity index is 0.991. The third kappa shape index (κ3) is 4.74. The molecule has 2 aromatic rings. The van der Waals surface area contributed by atoms with Crippen LogP contribution in [0.5, 0.6) is 0 Å². The van der Waals surface area contributed by atoms with Gasteiger partial charge in [-0.25, -0.2) is 0 Å². The average Bonchev–Trinajstić information content (AvgIpc) is 3.48. The number of aromatic nitrogens is 1. The highest BCUT2D eigenvalue weighted by Gasteiger charge is 2.59. The minimum Gasteiger partial charge on any atom is -0.462 e. The summed E-state index contributed by atoms with van der Waals surface area (Å²) >= 11 is 0. The normalized spacial score (nSPS) is 33.6. The van der Waals surface area contributed by atoms with Crippen LogP contribution < -0.4 is 5.32 Å². The predicted octanol–water partition coefficient (Wildman–Crippen LogP) is 6.05. The van der Waals surface area contributed by atoms with E-state index in [1.54, 1.807) is 0 Å². The summed E-state index contributed by atoms with van der Waals surface area (Å²) in [4.78, 5) is 40.6. The number of esters is 1. The first kappa shape index (κ1) is 26.3. The molecule has 0 radical (unpaired) electrons. The van der Waals surface area contributed by atoms with Crippen molar-refractivity contribution in [2.45, 2.75) is 90.6 Å². The Morgan fingerprint density at radius 1 is 1.03 bits per heavy atom. The van der Waals surface area contributed by atoms with Crippen molar-refractivity contribution in [3.63, 3.8) is 0 Å². The molecule has 2 N–H and O–H groups in total. The Morgan fingerprint density at radius 3 is 2.74 bits per heavy atom. The van der Waals surface area contributed by atoms with Crippen LogP contribution >= 0.6 is 0 Å². The van der Waals surface area contributed by atoms with E-state index in [1.165, 1.54) is 16.5 Å². The van der Waals surface area contributed by atoms with E-state index in [1.807, 2.05) is 30.5 Å². The third-order valence-electron chi connectivity index (χ3n) is 11.1. The molecule has 4 aliphatic carbocycles. The van der Waals surface area contributed by atoms with Crippen molar-refractivity contribution in [2.24, 2.45) is 28.6 Å². The van der Waals surface area contributed by atoms with Crippen LogP contribution in [-0.4, -0.2) is 35.3 Å². The molecular weight excluding hydrogens is 488 g/mol. The highest BCUT2D eigenvalue weighted by atomic mass is 16.5. The van der Waals surface area contributed by atoms with Crippen LogP contribution in [0.2, 0.25) is 0 Å². The molecule has 0 saturated heterocycles. The van der Waals surface area contributed by atoms with Crippen molar-refractivity contribution in [3.8, 4) is 0 Å². The number of fused-ring (bicyclic) bond motifs is 6. The van der Waals surface area contributed by atoms with Gasteiger partial charge in [0.05, 0.1) is 6.42 Å². The number of para-hydroxylation sites is 1. The molecule has 3 fully saturated rings. The molecule has 4 aliphatic rings. The van der Waals surface area contributed by atoms with Crippen molar-refractivity contribution in [3.05, 3.63) is 47.7 Å². The predicted molar refractivity (Wildman–Crippen MR) is 151 cm³/mol. The van der Waals surface area contributed by atoms with Crippen LogP contribution in [0.3, 0.4) is 0 Å². The van der Waals surface area contributed by atoms with E-state index >= 15 is 0 Å². The molecule has 0 aliphatic heterocycles. The van der Waals surface area contributed by atoms with E-state index in [4.69, 9.17) is 4.74 Å². The van der Waals surface area contributed by atoms with Gasteiger partial charge >= 0.3 is 5.97 Å². The zero-order valence-corrected chi connectivity index (χ0v) is 23.4. The number of benzene rings is 1. The largest absolute Gasteiger partial charge is 0.462 e. The summed E-state index contributed by atoms with van der Waals surface area (Å²) in [7, 11) is 0. The molecular formula is C33H42N2O4. The molecule has 0 bridgehead atoms. The third-order valence-corrected chi connectivity index (χ3v) is 11.1. The molecule has 1 aromatic carbocycles. The van der Waals surface area contributed by atoms with Gasteiger partial charge in [-0.3, -0.25) is 14.4 Å². The van der Waals surface area contributed by atoms with Crippen molar-refractivity contribution in [1.82, 2.24) is 10.3 Å². The van der Waals surface area contributed by atoms with E-state index in [0.717, 1.165) is 56.9 Å². The lowest BCUT2D eigenvalue weighted by atomic mass is 9.47. The van der Waals surface area contributed by atoms with Crippen LogP contribution in [0.1, 0.15) is 83.6 Å². The second-order valence-electron chi connectivity index (χ2n) is 13.0. The van der Waals surface area contributed by atoms with Gasteiger partial charge in [0.25, 0.3) is 0 Å². The van der Waals surface area contributed by atoms with Crippen LogP contribution in [0.4, 0.5) is 0 Å². The summed E-state index contributed by atoms with van der Waals surface area (Å²) in [6.45, 7) is 5.29. The number of hydrogen-bond acceptors (Lipinski definition) is 4. The van der Waals surface area contributed by atoms with Gasteiger partial charge < -0.3 is 15.0 Å². The fourth-order valence-electron chi connectivity index (χ4n) is 8.90. The molecule has 6 nitrogen and oxygen atoms in total. The summed E-state index contributed by atoms with van der Waals surface area (Å²) in [5.74, 6) is 1.79. The Kier molecular flexibility index (Phi) is 6.93. The number of ketones is 1. The van der Waals surface area contributed by atoms with Gasteiger partial charge in [-0.1, -0.05) is 37.6 Å². The Hall–Kier alpha value is -2.89. The lowest BCUT2D eigenvalue weighted by Crippen LogP contribution is -2.51. The summed E-state index contributed by atoms with van der Waals surface area (Å²) < 4.78 is 6.09. The van der Waals surface area contributed by atoms with Crippen molar-refractivity contribution in [1.29, 1.82) is 0 Å². The molecule has 208 valence electrons. The molecule has 1 heterocycles. The van der Waals surface area contributed by atoms with Crippen LogP contribution in [-0.2, 0) is 25.5 Å². The van der Waals surface area contributed by atoms with Gasteiger partial charge in [-0.2, -0.15) is 0 Å². The summed E-state index contributed by atoms with van der Waals surface area (Å²) in [5.41, 5.74) is 3.85. The van der Waals surface area contributed by atoms with Gasteiger partial charge in [0.15, 0.2) is 5.78 Å². The molecule has 3 saturated carbocycles. The molecule has 6 rings (SSSR count). The number of carbonyl (C=O) groups excluding carboxylic acids is 3. The maximum Gasteiger partial charge on any atom is 0.306 e. The van der Waals surface area contributed by atoms with Crippen molar-refractivity contribution in [2.75, 3.05) is 6.54 Å². The highest BCUT2D eigenvalue weighted by molar-refractivity contribution is 5.91. The maximum absolute atomic E-state index is 12.8. The number of carbonyl (C=O) groups is 3. The van der Waals surface area contributed by atoms with Gasteiger partial charge in [0.1, 0.15) is 6.10 Å². The number of aromatic amines is 1. The van der Waals surface area contributed by atoms with E-state index in [-0.39, 0.29) is 41.7 Å².